The summed E-state index contributed by atoms with van der Waals surface area (Å²) >= 11 is 1.66. The van der Waals surface area contributed by atoms with Gasteiger partial charge in [0, 0.05) is 18.0 Å². The Kier molecular flexibility index (Phi) is 3.69. The van der Waals surface area contributed by atoms with Crippen LogP contribution in [0.25, 0.3) is 0 Å². The Hall–Kier alpha value is -0.610. The number of thiazole rings is 1. The number of aliphatic hydroxyl groups excluding tert-OH is 1. The molecular weight excluding hydrogens is 184 g/mol. The summed E-state index contributed by atoms with van der Waals surface area (Å²) in [7, 11) is 0. The zero-order valence-electron chi connectivity index (χ0n) is 8.29. The predicted molar refractivity (Wildman–Crippen MR) is 56.3 cm³/mol. The Balaban J connectivity index is 2.45. The maximum Gasteiger partial charge on any atom is 0.183 e. The average molecular weight is 200 g/mol. The van der Waals surface area contributed by atoms with Crippen LogP contribution in [-0.2, 0) is 0 Å². The van der Waals surface area contributed by atoms with Crippen molar-refractivity contribution in [2.45, 2.75) is 20.8 Å². The molecule has 13 heavy (non-hydrogen) atoms. The van der Waals surface area contributed by atoms with Gasteiger partial charge in [-0.3, -0.25) is 0 Å². The van der Waals surface area contributed by atoms with Crippen molar-refractivity contribution in [2.75, 3.05) is 18.5 Å². The molecule has 0 fully saturated rings. The summed E-state index contributed by atoms with van der Waals surface area (Å²) in [5, 5.41) is 13.0. The van der Waals surface area contributed by atoms with Crippen molar-refractivity contribution in [3.8, 4) is 0 Å². The van der Waals surface area contributed by atoms with Crippen LogP contribution in [0.3, 0.4) is 0 Å². The van der Waals surface area contributed by atoms with E-state index in [-0.39, 0.29) is 12.5 Å². The van der Waals surface area contributed by atoms with Gasteiger partial charge in [-0.05, 0) is 19.8 Å². The summed E-state index contributed by atoms with van der Waals surface area (Å²) in [6.45, 7) is 7.07. The molecule has 0 bridgehead atoms. The highest BCUT2D eigenvalue weighted by atomic mass is 32.1. The van der Waals surface area contributed by atoms with Crippen molar-refractivity contribution < 1.29 is 5.11 Å². The number of aryl methyl sites for hydroxylation is 2. The van der Waals surface area contributed by atoms with Crippen LogP contribution in [-0.4, -0.2) is 23.2 Å². The van der Waals surface area contributed by atoms with E-state index in [4.69, 9.17) is 5.11 Å². The smallest absolute Gasteiger partial charge is 0.183 e. The van der Waals surface area contributed by atoms with Crippen LogP contribution in [0.1, 0.15) is 17.5 Å². The van der Waals surface area contributed by atoms with E-state index < -0.39 is 0 Å². The van der Waals surface area contributed by atoms with E-state index in [0.717, 1.165) is 17.4 Å². The van der Waals surface area contributed by atoms with Gasteiger partial charge in [-0.25, -0.2) is 4.98 Å². The Morgan fingerprint density at radius 1 is 1.54 bits per heavy atom. The lowest BCUT2D eigenvalue weighted by Crippen LogP contribution is -2.14. The fourth-order valence-corrected chi connectivity index (χ4v) is 1.70. The van der Waals surface area contributed by atoms with Gasteiger partial charge in [-0.1, -0.05) is 6.92 Å². The number of rotatable bonds is 4. The predicted octanol–water partition coefficient (Wildman–Crippen LogP) is 1.80. The fraction of sp³-hybridized carbons (Fsp3) is 0.667. The lowest BCUT2D eigenvalue weighted by atomic mass is 10.2. The number of aromatic nitrogens is 1. The summed E-state index contributed by atoms with van der Waals surface area (Å²) in [4.78, 5) is 5.59. The molecule has 1 rings (SSSR count). The van der Waals surface area contributed by atoms with Crippen LogP contribution in [0.4, 0.5) is 5.13 Å². The lowest BCUT2D eigenvalue weighted by molar-refractivity contribution is 0.244. The average Bonchev–Trinajstić information content (AvgIpc) is 2.42. The molecule has 2 N–H and O–H groups in total. The van der Waals surface area contributed by atoms with Crippen LogP contribution < -0.4 is 5.32 Å². The normalized spacial score (nSPS) is 12.9. The van der Waals surface area contributed by atoms with Crippen molar-refractivity contribution >= 4 is 16.5 Å². The second kappa shape index (κ2) is 4.58. The second-order valence-corrected chi connectivity index (χ2v) is 4.53. The Morgan fingerprint density at radius 2 is 2.23 bits per heavy atom. The van der Waals surface area contributed by atoms with Crippen LogP contribution >= 0.6 is 11.3 Å². The van der Waals surface area contributed by atoms with E-state index in [0.29, 0.717) is 0 Å². The van der Waals surface area contributed by atoms with Gasteiger partial charge in [0.1, 0.15) is 0 Å². The Bertz CT molecular complexity index is 253. The van der Waals surface area contributed by atoms with Crippen molar-refractivity contribution in [3.05, 3.63) is 10.6 Å². The van der Waals surface area contributed by atoms with E-state index in [1.807, 2.05) is 13.8 Å². The molecule has 0 aliphatic rings. The number of hydrogen-bond acceptors (Lipinski definition) is 4. The van der Waals surface area contributed by atoms with Gasteiger partial charge in [-0.15, -0.1) is 11.3 Å². The highest BCUT2D eigenvalue weighted by Gasteiger charge is 2.04. The minimum absolute atomic E-state index is 0.219. The first kappa shape index (κ1) is 10.5. The number of hydrogen-bond donors (Lipinski definition) is 2. The molecule has 3 nitrogen and oxygen atoms in total. The molecular formula is C9H16N2OS. The third kappa shape index (κ3) is 2.97. The van der Waals surface area contributed by atoms with Gasteiger partial charge >= 0.3 is 0 Å². The summed E-state index contributed by atoms with van der Waals surface area (Å²) in [5.74, 6) is 0.282. The summed E-state index contributed by atoms with van der Waals surface area (Å²) < 4.78 is 0. The largest absolute Gasteiger partial charge is 0.396 e. The topological polar surface area (TPSA) is 45.2 Å². The van der Waals surface area contributed by atoms with E-state index >= 15 is 0 Å². The molecule has 1 unspecified atom stereocenters. The van der Waals surface area contributed by atoms with Gasteiger partial charge in [0.05, 0.1) is 5.69 Å². The number of nitrogens with zero attached hydrogens (tertiary/aromatic N) is 1. The first-order valence-corrected chi connectivity index (χ1v) is 5.24. The van der Waals surface area contributed by atoms with Crippen molar-refractivity contribution in [3.63, 3.8) is 0 Å². The van der Waals surface area contributed by atoms with Crippen molar-refractivity contribution in [2.24, 2.45) is 5.92 Å². The van der Waals surface area contributed by atoms with Crippen LogP contribution in [0, 0.1) is 19.8 Å². The number of aliphatic hydroxyl groups is 1. The highest BCUT2D eigenvalue weighted by molar-refractivity contribution is 7.15. The van der Waals surface area contributed by atoms with Crippen LogP contribution in [0.2, 0.25) is 0 Å². The Morgan fingerprint density at radius 3 is 2.69 bits per heavy atom. The van der Waals surface area contributed by atoms with Crippen LogP contribution in [0.15, 0.2) is 0 Å². The third-order valence-corrected chi connectivity index (χ3v) is 2.97. The summed E-state index contributed by atoms with van der Waals surface area (Å²) in [6.07, 6.45) is 0. The first-order chi connectivity index (χ1) is 6.13. The Labute approximate surface area is 82.8 Å². The standard InChI is InChI=1S/C9H16N2OS/c1-6(5-12)4-10-9-11-7(2)8(3)13-9/h6,12H,4-5H2,1-3H3,(H,10,11). The van der Waals surface area contributed by atoms with E-state index in [1.165, 1.54) is 4.88 Å². The second-order valence-electron chi connectivity index (χ2n) is 3.33. The van der Waals surface area contributed by atoms with E-state index in [1.54, 1.807) is 11.3 Å². The highest BCUT2D eigenvalue weighted by Crippen LogP contribution is 2.20. The number of nitrogens with one attached hydrogen (secondary N) is 1. The van der Waals surface area contributed by atoms with Crippen molar-refractivity contribution in [1.82, 2.24) is 4.98 Å². The molecule has 0 aliphatic carbocycles. The molecule has 0 amide bonds. The minimum Gasteiger partial charge on any atom is -0.396 e. The minimum atomic E-state index is 0.219. The van der Waals surface area contributed by atoms with Gasteiger partial charge in [-0.2, -0.15) is 0 Å². The molecule has 1 aromatic rings. The molecule has 0 saturated heterocycles. The third-order valence-electron chi connectivity index (χ3n) is 1.94. The maximum absolute atomic E-state index is 8.82. The molecule has 0 saturated carbocycles. The SMILES string of the molecule is Cc1nc(NCC(C)CO)sc1C. The zero-order valence-corrected chi connectivity index (χ0v) is 9.11. The molecule has 1 heterocycles. The van der Waals surface area contributed by atoms with Gasteiger partial charge in [0.25, 0.3) is 0 Å². The number of anilines is 1. The van der Waals surface area contributed by atoms with Gasteiger partial charge in [0.2, 0.25) is 0 Å². The maximum atomic E-state index is 8.82. The molecule has 0 aromatic carbocycles. The fourth-order valence-electron chi connectivity index (χ4n) is 0.874. The summed E-state index contributed by atoms with van der Waals surface area (Å²) in [5.41, 5.74) is 1.09. The molecule has 0 spiro atoms. The first-order valence-electron chi connectivity index (χ1n) is 4.42. The van der Waals surface area contributed by atoms with E-state index in [9.17, 15) is 0 Å². The molecule has 74 valence electrons. The van der Waals surface area contributed by atoms with Gasteiger partial charge in [0.15, 0.2) is 5.13 Å². The molecule has 1 aromatic heterocycles. The van der Waals surface area contributed by atoms with Crippen LogP contribution in [0.5, 0.6) is 0 Å². The molecule has 4 heteroatoms. The van der Waals surface area contributed by atoms with Crippen molar-refractivity contribution in [1.29, 1.82) is 0 Å². The zero-order chi connectivity index (χ0) is 9.84. The quantitative estimate of drug-likeness (QED) is 0.779. The lowest BCUT2D eigenvalue weighted by Gasteiger charge is -2.07. The summed E-state index contributed by atoms with van der Waals surface area (Å²) in [6, 6.07) is 0. The molecule has 1 atom stereocenters. The van der Waals surface area contributed by atoms with Gasteiger partial charge < -0.3 is 10.4 Å². The van der Waals surface area contributed by atoms with E-state index in [2.05, 4.69) is 17.2 Å². The molecule has 0 aliphatic heterocycles. The monoisotopic (exact) mass is 200 g/mol. The molecule has 0 radical (unpaired) electrons.